The maximum atomic E-state index is 12.4. The number of ether oxygens (including phenoxy) is 2. The van der Waals surface area contributed by atoms with E-state index in [1.807, 2.05) is 6.92 Å². The van der Waals surface area contributed by atoms with Crippen LogP contribution in [0.2, 0.25) is 0 Å². The van der Waals surface area contributed by atoms with E-state index in [9.17, 15) is 4.79 Å². The fraction of sp³-hybridized carbons (Fsp3) is 0.533. The first-order valence-electron chi connectivity index (χ1n) is 6.78. The summed E-state index contributed by atoms with van der Waals surface area (Å²) in [5.74, 6) is 1.46. The van der Waals surface area contributed by atoms with E-state index in [2.05, 4.69) is 5.32 Å². The number of benzene rings is 1. The Kier molecular flexibility index (Phi) is 4.18. The number of hydrogen-bond donors (Lipinski definition) is 2. The van der Waals surface area contributed by atoms with Crippen molar-refractivity contribution < 1.29 is 14.3 Å². The number of carbonyl (C=O) groups is 1. The van der Waals surface area contributed by atoms with E-state index in [1.165, 1.54) is 7.11 Å². The summed E-state index contributed by atoms with van der Waals surface area (Å²) in [6, 6.07) is 5.15. The van der Waals surface area contributed by atoms with Crippen molar-refractivity contribution in [2.75, 3.05) is 20.8 Å². The molecule has 1 atom stereocenters. The molecule has 2 rings (SSSR count). The minimum atomic E-state index is -0.345. The van der Waals surface area contributed by atoms with Crippen LogP contribution in [0.5, 0.6) is 11.5 Å². The molecule has 0 bridgehead atoms. The number of hydrogen-bond acceptors (Lipinski definition) is 4. The highest BCUT2D eigenvalue weighted by Crippen LogP contribution is 2.39. The minimum absolute atomic E-state index is 0.163. The fourth-order valence-electron chi connectivity index (χ4n) is 2.35. The molecule has 1 amide bonds. The number of rotatable bonds is 6. The summed E-state index contributed by atoms with van der Waals surface area (Å²) in [6.07, 6.45) is 2.24. The van der Waals surface area contributed by atoms with Crippen molar-refractivity contribution in [2.45, 2.75) is 25.3 Å². The monoisotopic (exact) mass is 278 g/mol. The lowest BCUT2D eigenvalue weighted by Crippen LogP contribution is -2.53. The molecule has 1 aromatic carbocycles. The third-order valence-electron chi connectivity index (χ3n) is 3.95. The molecular formula is C15H22N2O3. The molecule has 20 heavy (non-hydrogen) atoms. The largest absolute Gasteiger partial charge is 0.497 e. The first kappa shape index (κ1) is 14.7. The van der Waals surface area contributed by atoms with Gasteiger partial charge in [-0.15, -0.1) is 0 Å². The van der Waals surface area contributed by atoms with Gasteiger partial charge in [0.25, 0.3) is 5.91 Å². The van der Waals surface area contributed by atoms with Crippen molar-refractivity contribution in [3.8, 4) is 11.5 Å². The van der Waals surface area contributed by atoms with E-state index >= 15 is 0 Å². The molecule has 1 saturated carbocycles. The quantitative estimate of drug-likeness (QED) is 0.828. The second-order valence-electron chi connectivity index (χ2n) is 5.42. The highest BCUT2D eigenvalue weighted by molar-refractivity contribution is 5.97. The Morgan fingerprint density at radius 3 is 2.60 bits per heavy atom. The van der Waals surface area contributed by atoms with Crippen LogP contribution in [-0.4, -0.2) is 32.2 Å². The second kappa shape index (κ2) is 5.71. The molecule has 0 radical (unpaired) electrons. The van der Waals surface area contributed by atoms with Gasteiger partial charge in [-0.2, -0.15) is 0 Å². The van der Waals surface area contributed by atoms with Crippen LogP contribution >= 0.6 is 0 Å². The summed E-state index contributed by atoms with van der Waals surface area (Å²) >= 11 is 0. The lowest BCUT2D eigenvalue weighted by Gasteiger charge is -2.29. The first-order valence-corrected chi connectivity index (χ1v) is 6.78. The number of carbonyl (C=O) groups excluding carboxylic acids is 1. The number of nitrogens with two attached hydrogens (primary N) is 1. The Hall–Kier alpha value is -1.75. The molecule has 0 heterocycles. The highest BCUT2D eigenvalue weighted by Gasteiger charge is 2.41. The lowest BCUT2D eigenvalue weighted by atomic mass is 9.95. The van der Waals surface area contributed by atoms with Crippen molar-refractivity contribution in [1.29, 1.82) is 0 Å². The van der Waals surface area contributed by atoms with E-state index in [0.29, 0.717) is 29.5 Å². The van der Waals surface area contributed by atoms with Gasteiger partial charge in [-0.1, -0.05) is 0 Å². The zero-order chi connectivity index (χ0) is 14.8. The molecule has 0 aromatic heterocycles. The van der Waals surface area contributed by atoms with Crippen molar-refractivity contribution in [2.24, 2.45) is 11.7 Å². The van der Waals surface area contributed by atoms with Gasteiger partial charge < -0.3 is 20.5 Å². The predicted molar refractivity (Wildman–Crippen MR) is 77.2 cm³/mol. The summed E-state index contributed by atoms with van der Waals surface area (Å²) in [5.41, 5.74) is 5.97. The SMILES string of the molecule is COc1ccc(C(=O)NC(C)(CN)C2CC2)c(OC)c1. The second-order valence-corrected chi connectivity index (χ2v) is 5.42. The van der Waals surface area contributed by atoms with Gasteiger partial charge in [-0.3, -0.25) is 4.79 Å². The first-order chi connectivity index (χ1) is 9.54. The third kappa shape index (κ3) is 2.88. The number of methoxy groups -OCH3 is 2. The van der Waals surface area contributed by atoms with Crippen LogP contribution in [-0.2, 0) is 0 Å². The normalized spacial score (nSPS) is 17.2. The van der Waals surface area contributed by atoms with Crippen LogP contribution in [0.1, 0.15) is 30.1 Å². The van der Waals surface area contributed by atoms with E-state index < -0.39 is 0 Å². The summed E-state index contributed by atoms with van der Waals surface area (Å²) in [4.78, 5) is 12.4. The van der Waals surface area contributed by atoms with Crippen molar-refractivity contribution in [1.82, 2.24) is 5.32 Å². The molecule has 3 N–H and O–H groups in total. The molecule has 5 nitrogen and oxygen atoms in total. The molecule has 1 aliphatic carbocycles. The molecule has 0 aliphatic heterocycles. The molecule has 5 heteroatoms. The summed E-state index contributed by atoms with van der Waals surface area (Å²) in [5, 5.41) is 3.05. The molecule has 0 saturated heterocycles. The topological polar surface area (TPSA) is 73.6 Å². The minimum Gasteiger partial charge on any atom is -0.497 e. The Morgan fingerprint density at radius 2 is 2.10 bits per heavy atom. The maximum absolute atomic E-state index is 12.4. The van der Waals surface area contributed by atoms with E-state index in [4.69, 9.17) is 15.2 Å². The summed E-state index contributed by atoms with van der Waals surface area (Å²) < 4.78 is 10.4. The Bertz CT molecular complexity index is 500. The van der Waals surface area contributed by atoms with Gasteiger partial charge in [-0.25, -0.2) is 0 Å². The Morgan fingerprint density at radius 1 is 1.40 bits per heavy atom. The average Bonchev–Trinajstić information content (AvgIpc) is 3.31. The van der Waals surface area contributed by atoms with Crippen LogP contribution in [0, 0.1) is 5.92 Å². The zero-order valence-electron chi connectivity index (χ0n) is 12.2. The van der Waals surface area contributed by atoms with E-state index in [0.717, 1.165) is 12.8 Å². The number of amides is 1. The average molecular weight is 278 g/mol. The molecule has 110 valence electrons. The van der Waals surface area contributed by atoms with E-state index in [1.54, 1.807) is 25.3 Å². The Labute approximate surface area is 119 Å². The molecular weight excluding hydrogens is 256 g/mol. The predicted octanol–water partition coefficient (Wildman–Crippen LogP) is 1.56. The van der Waals surface area contributed by atoms with Gasteiger partial charge in [0, 0.05) is 12.6 Å². The van der Waals surface area contributed by atoms with Crippen LogP contribution < -0.4 is 20.5 Å². The van der Waals surface area contributed by atoms with Gasteiger partial charge in [0.15, 0.2) is 0 Å². The smallest absolute Gasteiger partial charge is 0.255 e. The third-order valence-corrected chi connectivity index (χ3v) is 3.95. The highest BCUT2D eigenvalue weighted by atomic mass is 16.5. The van der Waals surface area contributed by atoms with E-state index in [-0.39, 0.29) is 11.4 Å². The zero-order valence-corrected chi connectivity index (χ0v) is 12.2. The molecule has 1 aliphatic rings. The lowest BCUT2D eigenvalue weighted by molar-refractivity contribution is 0.0894. The van der Waals surface area contributed by atoms with Gasteiger partial charge in [-0.05, 0) is 37.8 Å². The molecule has 0 spiro atoms. The van der Waals surface area contributed by atoms with Crippen molar-refractivity contribution in [3.63, 3.8) is 0 Å². The summed E-state index contributed by atoms with van der Waals surface area (Å²) in [6.45, 7) is 2.43. The van der Waals surface area contributed by atoms with Crippen LogP contribution in [0.25, 0.3) is 0 Å². The summed E-state index contributed by atoms with van der Waals surface area (Å²) in [7, 11) is 3.11. The van der Waals surface area contributed by atoms with Crippen molar-refractivity contribution in [3.05, 3.63) is 23.8 Å². The number of nitrogens with one attached hydrogen (secondary N) is 1. The standard InChI is InChI=1S/C15H22N2O3/c1-15(9-16,10-4-5-10)17-14(18)12-7-6-11(19-2)8-13(12)20-3/h6-8,10H,4-5,9,16H2,1-3H3,(H,17,18). The van der Waals surface area contributed by atoms with Crippen LogP contribution in [0.15, 0.2) is 18.2 Å². The van der Waals surface area contributed by atoms with Crippen LogP contribution in [0.4, 0.5) is 0 Å². The van der Waals surface area contributed by atoms with Gasteiger partial charge in [0.2, 0.25) is 0 Å². The fourth-order valence-corrected chi connectivity index (χ4v) is 2.35. The van der Waals surface area contributed by atoms with Gasteiger partial charge in [0.05, 0.1) is 25.3 Å². The Balaban J connectivity index is 2.20. The molecule has 1 aromatic rings. The van der Waals surface area contributed by atoms with Crippen molar-refractivity contribution >= 4 is 5.91 Å². The maximum Gasteiger partial charge on any atom is 0.255 e. The van der Waals surface area contributed by atoms with Gasteiger partial charge >= 0.3 is 0 Å². The molecule has 1 fully saturated rings. The van der Waals surface area contributed by atoms with Gasteiger partial charge in [0.1, 0.15) is 11.5 Å². The molecule has 1 unspecified atom stereocenters. The van der Waals surface area contributed by atoms with Crippen LogP contribution in [0.3, 0.4) is 0 Å².